The van der Waals surface area contributed by atoms with Crippen molar-refractivity contribution in [1.82, 2.24) is 0 Å². The third kappa shape index (κ3) is 3.01. The average molecular weight is 233 g/mol. The van der Waals surface area contributed by atoms with Gasteiger partial charge in [0.2, 0.25) is 0 Å². The third-order valence-corrected chi connectivity index (χ3v) is 2.32. The van der Waals surface area contributed by atoms with Crippen molar-refractivity contribution in [2.75, 3.05) is 18.5 Å². The van der Waals surface area contributed by atoms with E-state index in [1.165, 1.54) is 18.2 Å². The van der Waals surface area contributed by atoms with Gasteiger partial charge < -0.3 is 4.90 Å². The van der Waals surface area contributed by atoms with Crippen molar-refractivity contribution in [2.24, 2.45) is 0 Å². The molecule has 0 unspecified atom stereocenters. The number of non-ortho nitro benzene ring substituents is 1. The van der Waals surface area contributed by atoms with Crippen LogP contribution in [0.25, 0.3) is 0 Å². The van der Waals surface area contributed by atoms with E-state index in [-0.39, 0.29) is 11.3 Å². The molecule has 0 N–H and O–H groups in total. The van der Waals surface area contributed by atoms with Crippen LogP contribution < -0.4 is 4.90 Å². The molecule has 0 bridgehead atoms. The van der Waals surface area contributed by atoms with Crippen molar-refractivity contribution in [3.8, 4) is 6.07 Å². The van der Waals surface area contributed by atoms with E-state index >= 15 is 0 Å². The Hall–Kier alpha value is -2.42. The summed E-state index contributed by atoms with van der Waals surface area (Å²) in [5, 5.41) is 19.0. The second-order valence-corrected chi connectivity index (χ2v) is 3.45. The van der Waals surface area contributed by atoms with Crippen molar-refractivity contribution in [1.29, 1.82) is 5.26 Å². The van der Waals surface area contributed by atoms with Gasteiger partial charge in [-0.3, -0.25) is 14.9 Å². The SMILES string of the molecule is CN(CCC#N)c1ccc([N+](=O)[O-])cc1C=O. The summed E-state index contributed by atoms with van der Waals surface area (Å²) in [6, 6.07) is 6.08. The highest BCUT2D eigenvalue weighted by atomic mass is 16.6. The molecule has 0 atom stereocenters. The van der Waals surface area contributed by atoms with Crippen molar-refractivity contribution in [3.05, 3.63) is 33.9 Å². The lowest BCUT2D eigenvalue weighted by molar-refractivity contribution is -0.384. The lowest BCUT2D eigenvalue weighted by Gasteiger charge is -2.19. The Morgan fingerprint density at radius 2 is 2.29 bits per heavy atom. The van der Waals surface area contributed by atoms with Gasteiger partial charge in [-0.05, 0) is 6.07 Å². The maximum Gasteiger partial charge on any atom is 0.270 e. The Morgan fingerprint density at radius 3 is 2.82 bits per heavy atom. The first-order valence-corrected chi connectivity index (χ1v) is 4.92. The number of benzene rings is 1. The van der Waals surface area contributed by atoms with Gasteiger partial charge in [-0.15, -0.1) is 0 Å². The quantitative estimate of drug-likeness (QED) is 0.439. The summed E-state index contributed by atoms with van der Waals surface area (Å²) in [7, 11) is 1.73. The number of nitro groups is 1. The van der Waals surface area contributed by atoms with E-state index in [0.29, 0.717) is 24.9 Å². The van der Waals surface area contributed by atoms with Gasteiger partial charge in [-0.2, -0.15) is 5.26 Å². The zero-order chi connectivity index (χ0) is 12.8. The number of nitro benzene ring substituents is 1. The summed E-state index contributed by atoms with van der Waals surface area (Å²) in [6.07, 6.45) is 0.900. The van der Waals surface area contributed by atoms with Gasteiger partial charge in [0.05, 0.1) is 17.4 Å². The van der Waals surface area contributed by atoms with Crippen molar-refractivity contribution in [3.63, 3.8) is 0 Å². The average Bonchev–Trinajstić information content (AvgIpc) is 2.34. The zero-order valence-electron chi connectivity index (χ0n) is 9.29. The summed E-state index contributed by atoms with van der Waals surface area (Å²) in [5.41, 5.74) is 0.713. The normalized spacial score (nSPS) is 9.41. The van der Waals surface area contributed by atoms with E-state index in [0.717, 1.165) is 0 Å². The van der Waals surface area contributed by atoms with E-state index in [4.69, 9.17) is 5.26 Å². The molecule has 0 aliphatic heterocycles. The molecule has 0 fully saturated rings. The molecule has 17 heavy (non-hydrogen) atoms. The van der Waals surface area contributed by atoms with Gasteiger partial charge in [0.25, 0.3) is 5.69 Å². The van der Waals surface area contributed by atoms with Crippen LogP contribution in [0.5, 0.6) is 0 Å². The van der Waals surface area contributed by atoms with Crippen LogP contribution in [0.2, 0.25) is 0 Å². The van der Waals surface area contributed by atoms with E-state index in [1.54, 1.807) is 11.9 Å². The van der Waals surface area contributed by atoms with Crippen LogP contribution in [-0.2, 0) is 0 Å². The number of carbonyl (C=O) groups is 1. The lowest BCUT2D eigenvalue weighted by Crippen LogP contribution is -2.19. The van der Waals surface area contributed by atoms with Crippen LogP contribution in [0.15, 0.2) is 18.2 Å². The molecule has 0 amide bonds. The molecule has 1 aromatic rings. The van der Waals surface area contributed by atoms with Crippen LogP contribution in [0.3, 0.4) is 0 Å². The molecule has 0 saturated carbocycles. The second-order valence-electron chi connectivity index (χ2n) is 3.45. The Balaban J connectivity index is 3.04. The molecular weight excluding hydrogens is 222 g/mol. The van der Waals surface area contributed by atoms with E-state index in [9.17, 15) is 14.9 Å². The molecule has 0 aromatic heterocycles. The fourth-order valence-electron chi connectivity index (χ4n) is 1.44. The molecule has 1 rings (SSSR count). The zero-order valence-corrected chi connectivity index (χ0v) is 9.29. The van der Waals surface area contributed by atoms with E-state index < -0.39 is 4.92 Å². The minimum Gasteiger partial charge on any atom is -0.373 e. The predicted molar refractivity (Wildman–Crippen MR) is 62.0 cm³/mol. The first-order valence-electron chi connectivity index (χ1n) is 4.92. The molecule has 6 nitrogen and oxygen atoms in total. The number of nitrogens with zero attached hydrogens (tertiary/aromatic N) is 3. The van der Waals surface area contributed by atoms with Gasteiger partial charge in [0, 0.05) is 37.0 Å². The van der Waals surface area contributed by atoms with E-state index in [2.05, 4.69) is 0 Å². The standard InChI is InChI=1S/C11H11N3O3/c1-13(6-2-5-12)11-4-3-10(14(16)17)7-9(11)8-15/h3-4,7-8H,2,6H2,1H3. The largest absolute Gasteiger partial charge is 0.373 e. The monoisotopic (exact) mass is 233 g/mol. The molecule has 0 radical (unpaired) electrons. The fourth-order valence-corrected chi connectivity index (χ4v) is 1.44. The second kappa shape index (κ2) is 5.61. The number of aldehydes is 1. The highest BCUT2D eigenvalue weighted by Crippen LogP contribution is 2.23. The van der Waals surface area contributed by atoms with Crippen LogP contribution in [0.1, 0.15) is 16.8 Å². The van der Waals surface area contributed by atoms with Crippen LogP contribution in [-0.4, -0.2) is 24.8 Å². The number of hydrogen-bond acceptors (Lipinski definition) is 5. The van der Waals surface area contributed by atoms with Crippen LogP contribution in [0.4, 0.5) is 11.4 Å². The van der Waals surface area contributed by atoms with Crippen LogP contribution >= 0.6 is 0 Å². The Labute approximate surface area is 98.2 Å². The number of nitriles is 1. The molecule has 88 valence electrons. The maximum atomic E-state index is 10.9. The number of hydrogen-bond donors (Lipinski definition) is 0. The Bertz CT molecular complexity index is 479. The molecule has 6 heteroatoms. The summed E-state index contributed by atoms with van der Waals surface area (Å²) >= 11 is 0. The van der Waals surface area contributed by atoms with Gasteiger partial charge in [0.15, 0.2) is 6.29 Å². The summed E-state index contributed by atoms with van der Waals surface area (Å²) < 4.78 is 0. The highest BCUT2D eigenvalue weighted by Gasteiger charge is 2.12. The van der Waals surface area contributed by atoms with Gasteiger partial charge in [0.1, 0.15) is 0 Å². The predicted octanol–water partition coefficient (Wildman–Crippen LogP) is 1.76. The Morgan fingerprint density at radius 1 is 1.59 bits per heavy atom. The molecular formula is C11H11N3O3. The topological polar surface area (TPSA) is 87.2 Å². The molecule has 0 aliphatic carbocycles. The number of anilines is 1. The van der Waals surface area contributed by atoms with Crippen molar-refractivity contribution in [2.45, 2.75) is 6.42 Å². The first-order chi connectivity index (χ1) is 8.10. The molecule has 0 aliphatic rings. The molecule has 0 spiro atoms. The minimum absolute atomic E-state index is 0.121. The Kier molecular flexibility index (Phi) is 4.17. The maximum absolute atomic E-state index is 10.9. The van der Waals surface area contributed by atoms with Gasteiger partial charge in [-0.25, -0.2) is 0 Å². The highest BCUT2D eigenvalue weighted by molar-refractivity contribution is 5.85. The number of carbonyl (C=O) groups excluding carboxylic acids is 1. The lowest BCUT2D eigenvalue weighted by atomic mass is 10.1. The minimum atomic E-state index is -0.550. The number of rotatable bonds is 5. The fraction of sp³-hybridized carbons (Fsp3) is 0.273. The third-order valence-electron chi connectivity index (χ3n) is 2.32. The van der Waals surface area contributed by atoms with Gasteiger partial charge in [-0.1, -0.05) is 0 Å². The van der Waals surface area contributed by atoms with Crippen molar-refractivity contribution < 1.29 is 9.72 Å². The van der Waals surface area contributed by atoms with Crippen LogP contribution in [0, 0.1) is 21.4 Å². The van der Waals surface area contributed by atoms with Crippen molar-refractivity contribution >= 4 is 17.7 Å². The molecule has 0 saturated heterocycles. The van der Waals surface area contributed by atoms with Gasteiger partial charge >= 0.3 is 0 Å². The summed E-state index contributed by atoms with van der Waals surface area (Å²) in [6.45, 7) is 0.467. The summed E-state index contributed by atoms with van der Waals surface area (Å²) in [4.78, 5) is 22.6. The molecule has 0 heterocycles. The smallest absolute Gasteiger partial charge is 0.270 e. The van der Waals surface area contributed by atoms with E-state index in [1.807, 2.05) is 6.07 Å². The summed E-state index contributed by atoms with van der Waals surface area (Å²) in [5.74, 6) is 0. The molecule has 1 aromatic carbocycles. The first kappa shape index (κ1) is 12.6.